The van der Waals surface area contributed by atoms with Crippen molar-refractivity contribution in [3.63, 3.8) is 0 Å². The first-order chi connectivity index (χ1) is 7.38. The summed E-state index contributed by atoms with van der Waals surface area (Å²) in [5.41, 5.74) is 5.64. The van der Waals surface area contributed by atoms with Crippen LogP contribution in [0.3, 0.4) is 0 Å². The van der Waals surface area contributed by atoms with Gasteiger partial charge in [0.15, 0.2) is 0 Å². The minimum atomic E-state index is -0.211. The number of carbonyl (C=O) groups excluding carboxylic acids is 1. The van der Waals surface area contributed by atoms with Gasteiger partial charge in [0.1, 0.15) is 6.61 Å². The van der Waals surface area contributed by atoms with Gasteiger partial charge in [0.25, 0.3) is 0 Å². The van der Waals surface area contributed by atoms with Crippen LogP contribution in [0.2, 0.25) is 0 Å². The summed E-state index contributed by atoms with van der Waals surface area (Å²) in [4.78, 5) is 11.4. The quantitative estimate of drug-likeness (QED) is 0.553. The van der Waals surface area contributed by atoms with Crippen LogP contribution in [0.15, 0.2) is 0 Å². The highest BCUT2D eigenvalue weighted by molar-refractivity contribution is 5.70. The molecule has 0 aromatic heterocycles. The van der Waals surface area contributed by atoms with Crippen molar-refractivity contribution in [2.24, 2.45) is 11.7 Å². The monoisotopic (exact) mass is 229 g/mol. The lowest BCUT2D eigenvalue weighted by atomic mass is 10.1. The molecule has 1 fully saturated rings. The fourth-order valence-electron chi connectivity index (χ4n) is 1.45. The maximum absolute atomic E-state index is 11.4. The largest absolute Gasteiger partial charge is 0.463 e. The summed E-state index contributed by atoms with van der Waals surface area (Å²) in [6.45, 7) is 6.66. The normalized spacial score (nSPS) is 18.2. The average Bonchev–Trinajstić information content (AvgIpc) is 2.93. The molecule has 16 heavy (non-hydrogen) atoms. The third-order valence-electron chi connectivity index (χ3n) is 2.51. The van der Waals surface area contributed by atoms with Gasteiger partial charge in [0.05, 0.1) is 18.6 Å². The maximum atomic E-state index is 11.4. The van der Waals surface area contributed by atoms with Crippen LogP contribution in [0.25, 0.3) is 0 Å². The Hall–Kier alpha value is -0.610. The van der Waals surface area contributed by atoms with Crippen molar-refractivity contribution >= 4 is 5.97 Å². The van der Waals surface area contributed by atoms with Gasteiger partial charge in [-0.1, -0.05) is 0 Å². The van der Waals surface area contributed by atoms with Crippen LogP contribution >= 0.6 is 0 Å². The molecule has 0 bridgehead atoms. The van der Waals surface area contributed by atoms with Gasteiger partial charge in [-0.3, -0.25) is 4.79 Å². The maximum Gasteiger partial charge on any atom is 0.307 e. The Morgan fingerprint density at radius 3 is 2.50 bits per heavy atom. The second kappa shape index (κ2) is 5.64. The molecule has 0 radical (unpaired) electrons. The number of carbonyl (C=O) groups is 1. The van der Waals surface area contributed by atoms with Gasteiger partial charge in [0, 0.05) is 6.04 Å². The van der Waals surface area contributed by atoms with Gasteiger partial charge in [-0.25, -0.2) is 0 Å². The van der Waals surface area contributed by atoms with Gasteiger partial charge in [-0.2, -0.15) is 0 Å². The number of nitrogens with two attached hydrogens (primary N) is 1. The zero-order valence-electron chi connectivity index (χ0n) is 10.5. The van der Waals surface area contributed by atoms with Crippen LogP contribution in [0.1, 0.15) is 40.0 Å². The molecule has 1 atom stereocenters. The molecule has 4 heteroatoms. The smallest absolute Gasteiger partial charge is 0.307 e. The van der Waals surface area contributed by atoms with E-state index in [1.165, 1.54) is 0 Å². The van der Waals surface area contributed by atoms with Crippen molar-refractivity contribution in [2.75, 3.05) is 13.2 Å². The minimum absolute atomic E-state index is 0.0176. The lowest BCUT2D eigenvalue weighted by Gasteiger charge is -2.19. The van der Waals surface area contributed by atoms with E-state index in [2.05, 4.69) is 0 Å². The van der Waals surface area contributed by atoms with Gasteiger partial charge in [0.2, 0.25) is 0 Å². The van der Waals surface area contributed by atoms with Crippen molar-refractivity contribution in [1.82, 2.24) is 0 Å². The molecule has 0 aliphatic heterocycles. The van der Waals surface area contributed by atoms with Crippen LogP contribution in [-0.2, 0) is 14.3 Å². The summed E-state index contributed by atoms with van der Waals surface area (Å²) >= 11 is 0. The van der Waals surface area contributed by atoms with Crippen molar-refractivity contribution in [1.29, 1.82) is 0 Å². The zero-order chi connectivity index (χ0) is 12.2. The molecule has 0 saturated heterocycles. The topological polar surface area (TPSA) is 61.5 Å². The molecule has 1 rings (SSSR count). The van der Waals surface area contributed by atoms with E-state index in [4.69, 9.17) is 15.2 Å². The molecular formula is C12H23NO3. The van der Waals surface area contributed by atoms with Gasteiger partial charge >= 0.3 is 5.97 Å². The second-order valence-electron chi connectivity index (χ2n) is 5.39. The Balaban J connectivity index is 2.01. The molecular weight excluding hydrogens is 206 g/mol. The van der Waals surface area contributed by atoms with Crippen molar-refractivity contribution in [3.05, 3.63) is 0 Å². The van der Waals surface area contributed by atoms with E-state index < -0.39 is 0 Å². The lowest BCUT2D eigenvalue weighted by molar-refractivity contribution is -0.147. The molecule has 1 aliphatic rings. The third kappa shape index (κ3) is 6.08. The summed E-state index contributed by atoms with van der Waals surface area (Å²) in [7, 11) is 0. The second-order valence-corrected chi connectivity index (χ2v) is 5.39. The Bertz CT molecular complexity index is 231. The molecule has 2 N–H and O–H groups in total. The van der Waals surface area contributed by atoms with Crippen LogP contribution in [0.5, 0.6) is 0 Å². The Kier molecular flexibility index (Phi) is 4.74. The lowest BCUT2D eigenvalue weighted by Crippen LogP contribution is -2.28. The van der Waals surface area contributed by atoms with Crippen molar-refractivity contribution < 1.29 is 14.3 Å². The molecule has 4 nitrogen and oxygen atoms in total. The van der Waals surface area contributed by atoms with E-state index in [-0.39, 0.29) is 17.6 Å². The van der Waals surface area contributed by atoms with Gasteiger partial charge in [-0.15, -0.1) is 0 Å². The highest BCUT2D eigenvalue weighted by atomic mass is 16.6. The van der Waals surface area contributed by atoms with E-state index in [1.807, 2.05) is 20.8 Å². The number of ether oxygens (including phenoxy) is 2. The summed E-state index contributed by atoms with van der Waals surface area (Å²) < 4.78 is 10.5. The summed E-state index contributed by atoms with van der Waals surface area (Å²) in [6, 6.07) is -0.0176. The molecule has 0 amide bonds. The predicted octanol–water partition coefficient (Wildman–Crippen LogP) is 1.47. The first kappa shape index (κ1) is 13.5. The highest BCUT2D eigenvalue weighted by Gasteiger charge is 2.30. The average molecular weight is 229 g/mol. The third-order valence-corrected chi connectivity index (χ3v) is 2.51. The van der Waals surface area contributed by atoms with Crippen LogP contribution < -0.4 is 5.73 Å². The first-order valence-corrected chi connectivity index (χ1v) is 5.93. The Morgan fingerprint density at radius 2 is 2.00 bits per heavy atom. The number of hydrogen-bond donors (Lipinski definition) is 1. The summed E-state index contributed by atoms with van der Waals surface area (Å²) in [5.74, 6) is 0.329. The SMILES string of the molecule is CC(C)(C)OCCOC(=O)CC(N)C1CC1. The summed E-state index contributed by atoms with van der Waals surface area (Å²) in [5, 5.41) is 0. The standard InChI is InChI=1S/C12H23NO3/c1-12(2,3)16-7-6-15-11(14)8-10(13)9-4-5-9/h9-10H,4-8,13H2,1-3H3. The molecule has 1 unspecified atom stereocenters. The van der Waals surface area contributed by atoms with E-state index in [9.17, 15) is 4.79 Å². The Labute approximate surface area is 97.5 Å². The molecule has 0 heterocycles. The molecule has 0 spiro atoms. The molecule has 0 aromatic rings. The van der Waals surface area contributed by atoms with Gasteiger partial charge in [-0.05, 0) is 39.5 Å². The highest BCUT2D eigenvalue weighted by Crippen LogP contribution is 2.32. The Morgan fingerprint density at radius 1 is 1.38 bits per heavy atom. The van der Waals surface area contributed by atoms with Crippen LogP contribution in [0, 0.1) is 5.92 Å². The minimum Gasteiger partial charge on any atom is -0.463 e. The van der Waals surface area contributed by atoms with Crippen LogP contribution in [-0.4, -0.2) is 30.8 Å². The zero-order valence-corrected chi connectivity index (χ0v) is 10.5. The fraction of sp³-hybridized carbons (Fsp3) is 0.917. The number of rotatable bonds is 6. The fourth-order valence-corrected chi connectivity index (χ4v) is 1.45. The van der Waals surface area contributed by atoms with Crippen molar-refractivity contribution in [2.45, 2.75) is 51.7 Å². The molecule has 1 saturated carbocycles. The molecule has 0 aromatic carbocycles. The summed E-state index contributed by atoms with van der Waals surface area (Å²) in [6.07, 6.45) is 2.64. The first-order valence-electron chi connectivity index (χ1n) is 5.93. The number of esters is 1. The van der Waals surface area contributed by atoms with E-state index in [0.29, 0.717) is 25.6 Å². The number of hydrogen-bond acceptors (Lipinski definition) is 4. The predicted molar refractivity (Wildman–Crippen MR) is 62.0 cm³/mol. The van der Waals surface area contributed by atoms with E-state index >= 15 is 0 Å². The molecule has 1 aliphatic carbocycles. The van der Waals surface area contributed by atoms with Crippen LogP contribution in [0.4, 0.5) is 0 Å². The van der Waals surface area contributed by atoms with E-state index in [1.54, 1.807) is 0 Å². The van der Waals surface area contributed by atoms with Gasteiger partial charge < -0.3 is 15.2 Å². The van der Waals surface area contributed by atoms with E-state index in [0.717, 1.165) is 12.8 Å². The van der Waals surface area contributed by atoms with Crippen molar-refractivity contribution in [3.8, 4) is 0 Å². The molecule has 94 valence electrons.